The molecule has 1 saturated heterocycles. The molecule has 1 aromatic rings. The Hall–Kier alpha value is -2.07. The van der Waals surface area contributed by atoms with Crippen molar-refractivity contribution >= 4 is 23.8 Å². The Bertz CT molecular complexity index is 577. The molecule has 10 heteroatoms. The van der Waals surface area contributed by atoms with Gasteiger partial charge in [-0.15, -0.1) is 0 Å². The van der Waals surface area contributed by atoms with Crippen LogP contribution in [0.2, 0.25) is 0 Å². The van der Waals surface area contributed by atoms with Gasteiger partial charge in [0.05, 0.1) is 20.3 Å². The molecule has 0 radical (unpaired) electrons. The summed E-state index contributed by atoms with van der Waals surface area (Å²) in [6.07, 6.45) is 5.35. The van der Waals surface area contributed by atoms with E-state index in [2.05, 4.69) is 15.3 Å². The Labute approximate surface area is 156 Å². The highest BCUT2D eigenvalue weighted by atomic mass is 32.2. The van der Waals surface area contributed by atoms with Gasteiger partial charge in [-0.25, -0.2) is 19.6 Å². The van der Waals surface area contributed by atoms with Crippen molar-refractivity contribution in [3.05, 3.63) is 18.5 Å². The van der Waals surface area contributed by atoms with Gasteiger partial charge in [-0.3, -0.25) is 0 Å². The van der Waals surface area contributed by atoms with Gasteiger partial charge in [0.15, 0.2) is 0 Å². The highest BCUT2D eigenvalue weighted by molar-refractivity contribution is 7.98. The second-order valence-electron chi connectivity index (χ2n) is 5.59. The maximum atomic E-state index is 12.5. The lowest BCUT2D eigenvalue weighted by Crippen LogP contribution is -2.54. The van der Waals surface area contributed by atoms with Crippen molar-refractivity contribution in [1.82, 2.24) is 20.2 Å². The molecule has 144 valence electrons. The Balaban J connectivity index is 1.84. The van der Waals surface area contributed by atoms with Crippen LogP contribution in [-0.4, -0.2) is 84.4 Å². The van der Waals surface area contributed by atoms with Crippen molar-refractivity contribution in [1.29, 1.82) is 0 Å². The lowest BCUT2D eigenvalue weighted by molar-refractivity contribution is -0.143. The number of morpholine rings is 1. The standard InChI is InChI=1S/C16H24N4O5S/c1-23-14(21)13(4-9-26-2)19-16(22)20-7-8-24-12(10-20)11-25-15-17-5-3-6-18-15/h3,5-6,12-13H,4,7-11H2,1-2H3,(H,19,22). The number of hydrogen-bond donors (Lipinski definition) is 1. The summed E-state index contributed by atoms with van der Waals surface area (Å²) in [7, 11) is 1.31. The Morgan fingerprint density at radius 1 is 1.46 bits per heavy atom. The second kappa shape index (κ2) is 10.8. The van der Waals surface area contributed by atoms with Gasteiger partial charge < -0.3 is 24.4 Å². The van der Waals surface area contributed by atoms with Crippen LogP contribution in [-0.2, 0) is 14.3 Å². The molecule has 2 rings (SSSR count). The summed E-state index contributed by atoms with van der Waals surface area (Å²) in [5.74, 6) is 0.304. The van der Waals surface area contributed by atoms with Crippen molar-refractivity contribution in [2.75, 3.05) is 45.4 Å². The van der Waals surface area contributed by atoms with Crippen LogP contribution in [0.1, 0.15) is 6.42 Å². The van der Waals surface area contributed by atoms with Crippen LogP contribution in [0.15, 0.2) is 18.5 Å². The number of ether oxygens (including phenoxy) is 3. The number of methoxy groups -OCH3 is 1. The first-order valence-corrected chi connectivity index (χ1v) is 9.67. The fraction of sp³-hybridized carbons (Fsp3) is 0.625. The number of aromatic nitrogens is 2. The van der Waals surface area contributed by atoms with E-state index < -0.39 is 12.0 Å². The van der Waals surface area contributed by atoms with Crippen molar-refractivity contribution in [3.8, 4) is 6.01 Å². The monoisotopic (exact) mass is 384 g/mol. The zero-order valence-electron chi connectivity index (χ0n) is 14.9. The fourth-order valence-electron chi connectivity index (χ4n) is 2.40. The number of rotatable bonds is 8. The molecule has 2 unspecified atom stereocenters. The minimum absolute atomic E-state index is 0.237. The molecule has 1 fully saturated rings. The van der Waals surface area contributed by atoms with Gasteiger partial charge in [0.25, 0.3) is 0 Å². The van der Waals surface area contributed by atoms with Crippen molar-refractivity contribution in [2.45, 2.75) is 18.6 Å². The summed E-state index contributed by atoms with van der Waals surface area (Å²) in [4.78, 5) is 33.9. The predicted octanol–water partition coefficient (Wildman–Crippen LogP) is 0.561. The third-order valence-corrected chi connectivity index (χ3v) is 4.40. The summed E-state index contributed by atoms with van der Waals surface area (Å²) in [6.45, 7) is 1.43. The molecule has 2 amide bonds. The van der Waals surface area contributed by atoms with Crippen LogP contribution in [0.4, 0.5) is 4.79 Å². The molecule has 0 aromatic carbocycles. The SMILES string of the molecule is COC(=O)C(CCSC)NC(=O)N1CCOC(COc2ncccn2)C1. The predicted molar refractivity (Wildman–Crippen MR) is 96.2 cm³/mol. The molecule has 2 atom stereocenters. The van der Waals surface area contributed by atoms with Gasteiger partial charge in [-0.2, -0.15) is 11.8 Å². The van der Waals surface area contributed by atoms with E-state index in [-0.39, 0.29) is 24.8 Å². The summed E-state index contributed by atoms with van der Waals surface area (Å²) < 4.78 is 15.9. The molecule has 0 saturated carbocycles. The molecule has 1 N–H and O–H groups in total. The molecule has 0 spiro atoms. The molecule has 9 nitrogen and oxygen atoms in total. The minimum atomic E-state index is -0.657. The van der Waals surface area contributed by atoms with Crippen LogP contribution in [0.3, 0.4) is 0 Å². The maximum Gasteiger partial charge on any atom is 0.328 e. The first-order valence-electron chi connectivity index (χ1n) is 8.27. The Morgan fingerprint density at radius 2 is 2.23 bits per heavy atom. The van der Waals surface area contributed by atoms with Crippen molar-refractivity contribution in [3.63, 3.8) is 0 Å². The zero-order valence-corrected chi connectivity index (χ0v) is 15.7. The number of hydrogen-bond acceptors (Lipinski definition) is 8. The maximum absolute atomic E-state index is 12.5. The topological polar surface area (TPSA) is 103 Å². The van der Waals surface area contributed by atoms with Crippen LogP contribution >= 0.6 is 11.8 Å². The molecule has 2 heterocycles. The van der Waals surface area contributed by atoms with E-state index in [0.29, 0.717) is 26.1 Å². The number of nitrogens with one attached hydrogen (secondary N) is 1. The van der Waals surface area contributed by atoms with Crippen molar-refractivity contribution in [2.24, 2.45) is 0 Å². The molecular formula is C16H24N4O5S. The van der Waals surface area contributed by atoms with Crippen LogP contribution in [0.25, 0.3) is 0 Å². The molecule has 1 aliphatic heterocycles. The number of amides is 2. The summed E-state index contributed by atoms with van der Waals surface area (Å²) in [5.41, 5.74) is 0. The number of urea groups is 1. The first-order chi connectivity index (χ1) is 12.6. The van der Waals surface area contributed by atoms with E-state index >= 15 is 0 Å². The lowest BCUT2D eigenvalue weighted by atomic mass is 10.2. The van der Waals surface area contributed by atoms with Gasteiger partial charge in [-0.1, -0.05) is 0 Å². The zero-order chi connectivity index (χ0) is 18.8. The van der Waals surface area contributed by atoms with Crippen molar-refractivity contribution < 1.29 is 23.8 Å². The quantitative estimate of drug-likeness (QED) is 0.649. The largest absolute Gasteiger partial charge is 0.467 e. The van der Waals surface area contributed by atoms with E-state index in [1.165, 1.54) is 7.11 Å². The molecule has 1 aliphatic rings. The number of carbonyl (C=O) groups excluding carboxylic acids is 2. The van der Waals surface area contributed by atoms with E-state index in [1.807, 2.05) is 6.26 Å². The number of carbonyl (C=O) groups is 2. The van der Waals surface area contributed by atoms with Crippen LogP contribution in [0.5, 0.6) is 6.01 Å². The van der Waals surface area contributed by atoms with E-state index in [9.17, 15) is 9.59 Å². The van der Waals surface area contributed by atoms with E-state index in [1.54, 1.807) is 35.1 Å². The molecule has 26 heavy (non-hydrogen) atoms. The number of thioether (sulfide) groups is 1. The van der Waals surface area contributed by atoms with Crippen LogP contribution < -0.4 is 10.1 Å². The van der Waals surface area contributed by atoms with E-state index in [4.69, 9.17) is 14.2 Å². The summed E-state index contributed by atoms with van der Waals surface area (Å²) in [6, 6.07) is 0.992. The molecular weight excluding hydrogens is 360 g/mol. The van der Waals surface area contributed by atoms with Gasteiger partial charge in [-0.05, 0) is 24.5 Å². The fourth-order valence-corrected chi connectivity index (χ4v) is 2.87. The minimum Gasteiger partial charge on any atom is -0.467 e. The van der Waals surface area contributed by atoms with E-state index in [0.717, 1.165) is 5.75 Å². The van der Waals surface area contributed by atoms with Gasteiger partial charge in [0.2, 0.25) is 0 Å². The average molecular weight is 384 g/mol. The summed E-state index contributed by atoms with van der Waals surface area (Å²) >= 11 is 1.60. The molecule has 0 bridgehead atoms. The van der Waals surface area contributed by atoms with Gasteiger partial charge >= 0.3 is 18.0 Å². The third-order valence-electron chi connectivity index (χ3n) is 3.76. The van der Waals surface area contributed by atoms with Gasteiger partial charge in [0.1, 0.15) is 18.8 Å². The highest BCUT2D eigenvalue weighted by Gasteiger charge is 2.28. The lowest BCUT2D eigenvalue weighted by Gasteiger charge is -2.33. The number of esters is 1. The van der Waals surface area contributed by atoms with Gasteiger partial charge in [0, 0.05) is 18.9 Å². The Morgan fingerprint density at radius 3 is 2.92 bits per heavy atom. The Kier molecular flexibility index (Phi) is 8.42. The normalized spacial score (nSPS) is 18.1. The number of nitrogens with zero attached hydrogens (tertiary/aromatic N) is 3. The average Bonchev–Trinajstić information content (AvgIpc) is 2.69. The third kappa shape index (κ3) is 6.34. The summed E-state index contributed by atoms with van der Waals surface area (Å²) in [5, 5.41) is 2.74. The first kappa shape index (κ1) is 20.2. The smallest absolute Gasteiger partial charge is 0.328 e. The highest BCUT2D eigenvalue weighted by Crippen LogP contribution is 2.09. The van der Waals surface area contributed by atoms with Crippen LogP contribution in [0, 0.1) is 0 Å². The molecule has 1 aromatic heterocycles. The second-order valence-corrected chi connectivity index (χ2v) is 6.57. The molecule has 0 aliphatic carbocycles.